The quantitative estimate of drug-likeness (QED) is 0.631. The number of aliphatic hydroxyl groups is 1. The monoisotopic (exact) mass is 273 g/mol. The zero-order chi connectivity index (χ0) is 14.1. The SMILES string of the molecule is CC(C)OCCOCC(O)CNC1CCCCC1C. The van der Waals surface area contributed by atoms with Crippen LogP contribution in [0.2, 0.25) is 0 Å². The van der Waals surface area contributed by atoms with Gasteiger partial charge in [0, 0.05) is 12.6 Å². The minimum atomic E-state index is -0.423. The van der Waals surface area contributed by atoms with Gasteiger partial charge in [-0.3, -0.25) is 0 Å². The maximum absolute atomic E-state index is 9.85. The summed E-state index contributed by atoms with van der Waals surface area (Å²) in [7, 11) is 0. The predicted octanol–water partition coefficient (Wildman–Crippen LogP) is 1.96. The average Bonchev–Trinajstić information content (AvgIpc) is 2.37. The number of hydrogen-bond acceptors (Lipinski definition) is 4. The van der Waals surface area contributed by atoms with E-state index in [9.17, 15) is 5.11 Å². The van der Waals surface area contributed by atoms with Crippen LogP contribution in [0.5, 0.6) is 0 Å². The molecule has 0 bridgehead atoms. The summed E-state index contributed by atoms with van der Waals surface area (Å²) in [6.45, 7) is 8.46. The molecule has 0 aromatic carbocycles. The summed E-state index contributed by atoms with van der Waals surface area (Å²) in [5.74, 6) is 0.723. The van der Waals surface area contributed by atoms with Gasteiger partial charge < -0.3 is 19.9 Å². The van der Waals surface area contributed by atoms with Crippen LogP contribution in [0, 0.1) is 5.92 Å². The van der Waals surface area contributed by atoms with E-state index >= 15 is 0 Å². The first-order valence-corrected chi connectivity index (χ1v) is 7.70. The van der Waals surface area contributed by atoms with Crippen LogP contribution in [0.25, 0.3) is 0 Å². The lowest BCUT2D eigenvalue weighted by molar-refractivity contribution is -0.0111. The normalized spacial score (nSPS) is 25.7. The molecule has 0 radical (unpaired) electrons. The third-order valence-electron chi connectivity index (χ3n) is 3.72. The van der Waals surface area contributed by atoms with E-state index in [2.05, 4.69) is 12.2 Å². The molecule has 1 aliphatic carbocycles. The van der Waals surface area contributed by atoms with Crippen molar-refractivity contribution in [1.29, 1.82) is 0 Å². The molecule has 0 saturated heterocycles. The van der Waals surface area contributed by atoms with Gasteiger partial charge in [-0.25, -0.2) is 0 Å². The van der Waals surface area contributed by atoms with Crippen LogP contribution in [0.15, 0.2) is 0 Å². The van der Waals surface area contributed by atoms with Gasteiger partial charge in [0.25, 0.3) is 0 Å². The molecule has 114 valence electrons. The third kappa shape index (κ3) is 7.88. The van der Waals surface area contributed by atoms with Crippen molar-refractivity contribution in [2.45, 2.75) is 64.7 Å². The Labute approximate surface area is 117 Å². The number of aliphatic hydroxyl groups excluding tert-OH is 1. The molecular weight excluding hydrogens is 242 g/mol. The van der Waals surface area contributed by atoms with Crippen LogP contribution in [0.3, 0.4) is 0 Å². The zero-order valence-electron chi connectivity index (χ0n) is 12.7. The fourth-order valence-corrected chi connectivity index (χ4v) is 2.53. The van der Waals surface area contributed by atoms with E-state index < -0.39 is 6.10 Å². The third-order valence-corrected chi connectivity index (χ3v) is 3.72. The number of ether oxygens (including phenoxy) is 2. The molecule has 0 spiro atoms. The summed E-state index contributed by atoms with van der Waals surface area (Å²) < 4.78 is 10.8. The molecular formula is C15H31NO3. The average molecular weight is 273 g/mol. The fraction of sp³-hybridized carbons (Fsp3) is 1.00. The first kappa shape index (κ1) is 16.9. The Bertz CT molecular complexity index is 223. The molecule has 4 heteroatoms. The predicted molar refractivity (Wildman–Crippen MR) is 77.3 cm³/mol. The molecule has 19 heavy (non-hydrogen) atoms. The van der Waals surface area contributed by atoms with Gasteiger partial charge in [0.05, 0.1) is 32.0 Å². The lowest BCUT2D eigenvalue weighted by atomic mass is 9.86. The van der Waals surface area contributed by atoms with E-state index in [1.54, 1.807) is 0 Å². The molecule has 0 aromatic rings. The lowest BCUT2D eigenvalue weighted by Crippen LogP contribution is -2.42. The molecule has 0 amide bonds. The standard InChI is InChI=1S/C15H31NO3/c1-12(2)19-9-8-18-11-14(17)10-16-15-7-5-4-6-13(15)3/h12-17H,4-11H2,1-3H3. The zero-order valence-corrected chi connectivity index (χ0v) is 12.7. The summed E-state index contributed by atoms with van der Waals surface area (Å²) in [6.07, 6.45) is 5.01. The summed E-state index contributed by atoms with van der Waals surface area (Å²) in [6, 6.07) is 0.563. The molecule has 4 nitrogen and oxygen atoms in total. The number of hydrogen-bond donors (Lipinski definition) is 2. The maximum atomic E-state index is 9.85. The molecule has 0 aliphatic heterocycles. The van der Waals surface area contributed by atoms with Crippen molar-refractivity contribution in [2.24, 2.45) is 5.92 Å². The Kier molecular flexibility index (Phi) is 8.62. The van der Waals surface area contributed by atoms with Crippen LogP contribution >= 0.6 is 0 Å². The van der Waals surface area contributed by atoms with Gasteiger partial charge in [-0.2, -0.15) is 0 Å². The van der Waals surface area contributed by atoms with Crippen molar-refractivity contribution in [2.75, 3.05) is 26.4 Å². The van der Waals surface area contributed by atoms with Gasteiger partial charge in [0.1, 0.15) is 0 Å². The van der Waals surface area contributed by atoms with Crippen molar-refractivity contribution < 1.29 is 14.6 Å². The van der Waals surface area contributed by atoms with Crippen molar-refractivity contribution in [3.63, 3.8) is 0 Å². The smallest absolute Gasteiger partial charge is 0.0897 e. The van der Waals surface area contributed by atoms with E-state index in [0.717, 1.165) is 5.92 Å². The van der Waals surface area contributed by atoms with E-state index in [4.69, 9.17) is 9.47 Å². The summed E-state index contributed by atoms with van der Waals surface area (Å²) >= 11 is 0. The van der Waals surface area contributed by atoms with Crippen molar-refractivity contribution >= 4 is 0 Å². The fourth-order valence-electron chi connectivity index (χ4n) is 2.53. The number of nitrogens with one attached hydrogen (secondary N) is 1. The van der Waals surface area contributed by atoms with E-state index in [1.807, 2.05) is 13.8 Å². The first-order valence-electron chi connectivity index (χ1n) is 7.70. The van der Waals surface area contributed by atoms with Crippen LogP contribution in [0.4, 0.5) is 0 Å². The molecule has 1 saturated carbocycles. The minimum Gasteiger partial charge on any atom is -0.389 e. The van der Waals surface area contributed by atoms with Crippen molar-refractivity contribution in [1.82, 2.24) is 5.32 Å². The molecule has 3 atom stereocenters. The largest absolute Gasteiger partial charge is 0.389 e. The van der Waals surface area contributed by atoms with E-state index in [1.165, 1.54) is 25.7 Å². The van der Waals surface area contributed by atoms with Gasteiger partial charge in [0.2, 0.25) is 0 Å². The molecule has 1 fully saturated rings. The Balaban J connectivity index is 1.99. The molecule has 1 rings (SSSR count). The highest BCUT2D eigenvalue weighted by Gasteiger charge is 2.21. The van der Waals surface area contributed by atoms with Gasteiger partial charge in [-0.05, 0) is 32.6 Å². The first-order chi connectivity index (χ1) is 9.09. The molecule has 0 aromatic heterocycles. The minimum absolute atomic E-state index is 0.239. The van der Waals surface area contributed by atoms with Gasteiger partial charge in [-0.1, -0.05) is 19.8 Å². The second-order valence-electron chi connectivity index (χ2n) is 5.92. The highest BCUT2D eigenvalue weighted by molar-refractivity contribution is 4.78. The summed E-state index contributed by atoms with van der Waals surface area (Å²) in [5.41, 5.74) is 0. The van der Waals surface area contributed by atoms with Gasteiger partial charge in [0.15, 0.2) is 0 Å². The lowest BCUT2D eigenvalue weighted by Gasteiger charge is -2.30. The Hall–Kier alpha value is -0.160. The van der Waals surface area contributed by atoms with E-state index in [-0.39, 0.29) is 6.10 Å². The topological polar surface area (TPSA) is 50.7 Å². The highest BCUT2D eigenvalue weighted by Crippen LogP contribution is 2.23. The molecule has 1 aliphatic rings. The maximum Gasteiger partial charge on any atom is 0.0897 e. The van der Waals surface area contributed by atoms with E-state index in [0.29, 0.717) is 32.4 Å². The second kappa shape index (κ2) is 9.70. The van der Waals surface area contributed by atoms with Gasteiger partial charge >= 0.3 is 0 Å². The molecule has 0 heterocycles. The van der Waals surface area contributed by atoms with Crippen LogP contribution in [-0.2, 0) is 9.47 Å². The van der Waals surface area contributed by atoms with Gasteiger partial charge in [-0.15, -0.1) is 0 Å². The molecule has 3 unspecified atom stereocenters. The van der Waals surface area contributed by atoms with Crippen LogP contribution < -0.4 is 5.32 Å². The van der Waals surface area contributed by atoms with Crippen molar-refractivity contribution in [3.8, 4) is 0 Å². The van der Waals surface area contributed by atoms with Crippen molar-refractivity contribution in [3.05, 3.63) is 0 Å². The summed E-state index contributed by atoms with van der Waals surface area (Å²) in [4.78, 5) is 0. The number of rotatable bonds is 9. The summed E-state index contributed by atoms with van der Waals surface area (Å²) in [5, 5.41) is 13.3. The van der Waals surface area contributed by atoms with Crippen LogP contribution in [0.1, 0.15) is 46.5 Å². The Morgan fingerprint density at radius 3 is 2.63 bits per heavy atom. The highest BCUT2D eigenvalue weighted by atomic mass is 16.5. The Morgan fingerprint density at radius 1 is 1.21 bits per heavy atom. The second-order valence-corrected chi connectivity index (χ2v) is 5.92. The molecule has 2 N–H and O–H groups in total. The van der Waals surface area contributed by atoms with Crippen LogP contribution in [-0.4, -0.2) is 49.7 Å². The Morgan fingerprint density at radius 2 is 1.95 bits per heavy atom.